The molecule has 1 rings (SSSR count). The van der Waals surface area contributed by atoms with E-state index in [1.807, 2.05) is 18.7 Å². The lowest BCUT2D eigenvalue weighted by molar-refractivity contribution is -0.118. The maximum absolute atomic E-state index is 13.1. The average molecular weight is 254 g/mol. The Hall–Kier alpha value is -1.62. The molecule has 0 fully saturated rings. The highest BCUT2D eigenvalue weighted by Gasteiger charge is 2.13. The van der Waals surface area contributed by atoms with Crippen molar-refractivity contribution in [2.75, 3.05) is 6.54 Å². The van der Waals surface area contributed by atoms with Crippen molar-refractivity contribution in [1.82, 2.24) is 4.90 Å². The van der Waals surface area contributed by atoms with Gasteiger partial charge in [0.2, 0.25) is 5.91 Å². The molecule has 0 saturated carbocycles. The Bertz CT molecular complexity index is 421. The summed E-state index contributed by atoms with van der Waals surface area (Å²) < 4.78 is 13.1. The van der Waals surface area contributed by atoms with Gasteiger partial charge in [0.15, 0.2) is 0 Å². The third-order valence-electron chi connectivity index (χ3n) is 2.79. The van der Waals surface area contributed by atoms with Gasteiger partial charge in [-0.1, -0.05) is 0 Å². The molecule has 3 N–H and O–H groups in total. The number of nitrogens with zero attached hydrogens (tertiary/aromatic N) is 1. The second kappa shape index (κ2) is 6.35. The van der Waals surface area contributed by atoms with Gasteiger partial charge < -0.3 is 10.8 Å². The minimum atomic E-state index is -0.388. The van der Waals surface area contributed by atoms with Crippen molar-refractivity contribution in [2.24, 2.45) is 5.73 Å². The van der Waals surface area contributed by atoms with Gasteiger partial charge in [-0.2, -0.15) is 0 Å². The van der Waals surface area contributed by atoms with Crippen LogP contribution in [0, 0.1) is 5.82 Å². The molecule has 0 saturated heterocycles. The molecule has 1 aromatic carbocycles. The first-order valence-corrected chi connectivity index (χ1v) is 5.90. The summed E-state index contributed by atoms with van der Waals surface area (Å²) >= 11 is 0. The molecular formula is C13H19FN2O2. The van der Waals surface area contributed by atoms with E-state index in [2.05, 4.69) is 0 Å². The minimum absolute atomic E-state index is 0.0566. The number of rotatable bonds is 6. The highest BCUT2D eigenvalue weighted by Crippen LogP contribution is 2.20. The topological polar surface area (TPSA) is 66.6 Å². The van der Waals surface area contributed by atoms with E-state index in [-0.39, 0.29) is 29.9 Å². The molecule has 1 amide bonds. The van der Waals surface area contributed by atoms with Crippen LogP contribution < -0.4 is 5.73 Å². The first-order chi connectivity index (χ1) is 8.40. The molecule has 0 aliphatic carbocycles. The Morgan fingerprint density at radius 3 is 2.72 bits per heavy atom. The van der Waals surface area contributed by atoms with Gasteiger partial charge >= 0.3 is 0 Å². The molecule has 4 nitrogen and oxygen atoms in total. The minimum Gasteiger partial charge on any atom is -0.508 e. The molecule has 18 heavy (non-hydrogen) atoms. The van der Waals surface area contributed by atoms with Gasteiger partial charge in [0, 0.05) is 31.1 Å². The Morgan fingerprint density at radius 2 is 2.17 bits per heavy atom. The number of carbonyl (C=O) groups is 1. The van der Waals surface area contributed by atoms with Crippen LogP contribution >= 0.6 is 0 Å². The van der Waals surface area contributed by atoms with Crippen molar-refractivity contribution in [2.45, 2.75) is 32.9 Å². The number of nitrogens with two attached hydrogens (primary N) is 1. The molecule has 5 heteroatoms. The number of halogens is 1. The Kier molecular flexibility index (Phi) is 5.09. The van der Waals surface area contributed by atoms with E-state index in [4.69, 9.17) is 5.73 Å². The maximum Gasteiger partial charge on any atom is 0.218 e. The summed E-state index contributed by atoms with van der Waals surface area (Å²) in [5.74, 6) is -0.702. The van der Waals surface area contributed by atoms with Gasteiger partial charge in [-0.05, 0) is 32.0 Å². The van der Waals surface area contributed by atoms with Crippen LogP contribution in [-0.2, 0) is 11.3 Å². The van der Waals surface area contributed by atoms with Crippen molar-refractivity contribution in [3.8, 4) is 5.75 Å². The van der Waals surface area contributed by atoms with Crippen molar-refractivity contribution in [3.63, 3.8) is 0 Å². The highest BCUT2D eigenvalue weighted by molar-refractivity contribution is 5.73. The van der Waals surface area contributed by atoms with E-state index < -0.39 is 0 Å². The molecule has 0 aliphatic heterocycles. The maximum atomic E-state index is 13.1. The molecule has 0 unspecified atom stereocenters. The quantitative estimate of drug-likeness (QED) is 0.810. The Balaban J connectivity index is 2.76. The number of hydrogen-bond donors (Lipinski definition) is 2. The largest absolute Gasteiger partial charge is 0.508 e. The highest BCUT2D eigenvalue weighted by atomic mass is 19.1. The lowest BCUT2D eigenvalue weighted by Crippen LogP contribution is -2.33. The summed E-state index contributed by atoms with van der Waals surface area (Å²) in [6.45, 7) is 4.81. The number of phenolic OH excluding ortho intramolecular Hbond substituents is 1. The van der Waals surface area contributed by atoms with E-state index in [1.165, 1.54) is 18.2 Å². The zero-order chi connectivity index (χ0) is 13.7. The summed E-state index contributed by atoms with van der Waals surface area (Å²) in [7, 11) is 0. The zero-order valence-electron chi connectivity index (χ0n) is 10.7. The first kappa shape index (κ1) is 14.4. The van der Waals surface area contributed by atoms with Crippen LogP contribution in [0.15, 0.2) is 18.2 Å². The van der Waals surface area contributed by atoms with Gasteiger partial charge in [0.1, 0.15) is 11.6 Å². The number of benzene rings is 1. The molecule has 0 bridgehead atoms. The predicted molar refractivity (Wildman–Crippen MR) is 67.4 cm³/mol. The van der Waals surface area contributed by atoms with Gasteiger partial charge in [0.25, 0.3) is 0 Å². The van der Waals surface area contributed by atoms with Gasteiger partial charge in [-0.15, -0.1) is 0 Å². The fourth-order valence-electron chi connectivity index (χ4n) is 1.67. The lowest BCUT2D eigenvalue weighted by atomic mass is 10.1. The first-order valence-electron chi connectivity index (χ1n) is 5.90. The van der Waals surface area contributed by atoms with E-state index >= 15 is 0 Å². The zero-order valence-corrected chi connectivity index (χ0v) is 10.7. The van der Waals surface area contributed by atoms with Gasteiger partial charge in [0.05, 0.1) is 0 Å². The van der Waals surface area contributed by atoms with Crippen molar-refractivity contribution < 1.29 is 14.3 Å². The number of hydrogen-bond acceptors (Lipinski definition) is 3. The van der Waals surface area contributed by atoms with E-state index in [0.29, 0.717) is 18.7 Å². The molecule has 0 aromatic heterocycles. The SMILES string of the molecule is CC(C)N(CCC(N)=O)Cc1cc(F)ccc1O. The molecule has 0 heterocycles. The summed E-state index contributed by atoms with van der Waals surface area (Å²) in [6, 6.07) is 4.01. The standard InChI is InChI=1S/C13H19FN2O2/c1-9(2)16(6-5-13(15)18)8-10-7-11(14)3-4-12(10)17/h3-4,7,9,17H,5-6,8H2,1-2H3,(H2,15,18). The number of phenols is 1. The second-order valence-electron chi connectivity index (χ2n) is 4.55. The summed E-state index contributed by atoms with van der Waals surface area (Å²) in [5, 5.41) is 9.66. The monoisotopic (exact) mass is 254 g/mol. The molecule has 1 aromatic rings. The fraction of sp³-hybridized carbons (Fsp3) is 0.462. The number of amides is 1. The molecule has 0 atom stereocenters. The number of aromatic hydroxyl groups is 1. The van der Waals surface area contributed by atoms with Crippen molar-refractivity contribution >= 4 is 5.91 Å². The van der Waals surface area contributed by atoms with Crippen LogP contribution in [0.25, 0.3) is 0 Å². The average Bonchev–Trinajstić information content (AvgIpc) is 2.28. The lowest BCUT2D eigenvalue weighted by Gasteiger charge is -2.26. The third kappa shape index (κ3) is 4.33. The number of carbonyl (C=O) groups excluding carboxylic acids is 1. The Labute approximate surface area is 106 Å². The van der Waals surface area contributed by atoms with Crippen LogP contribution in [0.2, 0.25) is 0 Å². The third-order valence-corrected chi connectivity index (χ3v) is 2.79. The van der Waals surface area contributed by atoms with Crippen LogP contribution in [0.3, 0.4) is 0 Å². The molecule has 0 aliphatic rings. The van der Waals surface area contributed by atoms with E-state index in [9.17, 15) is 14.3 Å². The number of primary amides is 1. The van der Waals surface area contributed by atoms with Crippen LogP contribution in [-0.4, -0.2) is 28.5 Å². The van der Waals surface area contributed by atoms with Crippen LogP contribution in [0.5, 0.6) is 5.75 Å². The second-order valence-corrected chi connectivity index (χ2v) is 4.55. The van der Waals surface area contributed by atoms with Crippen molar-refractivity contribution in [3.05, 3.63) is 29.6 Å². The Morgan fingerprint density at radius 1 is 1.50 bits per heavy atom. The summed E-state index contributed by atoms with van der Waals surface area (Å²) in [6.07, 6.45) is 0.244. The van der Waals surface area contributed by atoms with Gasteiger partial charge in [-0.25, -0.2) is 4.39 Å². The molecule has 100 valence electrons. The predicted octanol–water partition coefficient (Wildman–Crippen LogP) is 1.62. The summed E-state index contributed by atoms with van der Waals surface area (Å²) in [4.78, 5) is 12.7. The van der Waals surface area contributed by atoms with E-state index in [1.54, 1.807) is 0 Å². The summed E-state index contributed by atoms with van der Waals surface area (Å²) in [5.41, 5.74) is 5.62. The van der Waals surface area contributed by atoms with Crippen molar-refractivity contribution in [1.29, 1.82) is 0 Å². The molecule has 0 spiro atoms. The smallest absolute Gasteiger partial charge is 0.218 e. The normalized spacial score (nSPS) is 11.2. The van der Waals surface area contributed by atoms with Crippen LogP contribution in [0.4, 0.5) is 4.39 Å². The van der Waals surface area contributed by atoms with Gasteiger partial charge in [-0.3, -0.25) is 9.69 Å². The van der Waals surface area contributed by atoms with Crippen LogP contribution in [0.1, 0.15) is 25.8 Å². The molecule has 0 radical (unpaired) electrons. The fourth-order valence-corrected chi connectivity index (χ4v) is 1.67. The molecular weight excluding hydrogens is 235 g/mol. The van der Waals surface area contributed by atoms with E-state index in [0.717, 1.165) is 0 Å².